The predicted octanol–water partition coefficient (Wildman–Crippen LogP) is 2.10. The highest BCUT2D eigenvalue weighted by atomic mass is 19.2. The first-order valence-electron chi connectivity index (χ1n) is 3.87. The van der Waals surface area contributed by atoms with Crippen LogP contribution in [0, 0.1) is 11.6 Å². The molecule has 0 aliphatic carbocycles. The van der Waals surface area contributed by atoms with Crippen molar-refractivity contribution in [3.05, 3.63) is 29.3 Å². The van der Waals surface area contributed by atoms with Crippen LogP contribution in [0.1, 0.15) is 12.5 Å². The van der Waals surface area contributed by atoms with Crippen LogP contribution in [0.15, 0.2) is 12.1 Å². The van der Waals surface area contributed by atoms with Crippen molar-refractivity contribution in [2.45, 2.75) is 13.3 Å². The molecule has 0 bridgehead atoms. The average Bonchev–Trinajstić information content (AvgIpc) is 2.11. The molecule has 0 saturated heterocycles. The van der Waals surface area contributed by atoms with Crippen LogP contribution < -0.4 is 5.32 Å². The molecule has 1 amide bonds. The maximum absolute atomic E-state index is 12.9. The van der Waals surface area contributed by atoms with Gasteiger partial charge in [-0.2, -0.15) is 0 Å². The predicted molar refractivity (Wildman–Crippen MR) is 45.4 cm³/mol. The summed E-state index contributed by atoms with van der Waals surface area (Å²) in [6, 6.07) is 2.36. The van der Waals surface area contributed by atoms with Gasteiger partial charge in [-0.25, -0.2) is 8.78 Å². The molecule has 0 fully saturated rings. The van der Waals surface area contributed by atoms with Gasteiger partial charge in [-0.05, 0) is 18.1 Å². The van der Waals surface area contributed by atoms with Gasteiger partial charge in [-0.1, -0.05) is 6.92 Å². The summed E-state index contributed by atoms with van der Waals surface area (Å²) in [5.41, 5.74) is 0.523. The minimum atomic E-state index is -0.941. The summed E-state index contributed by atoms with van der Waals surface area (Å²) in [5, 5.41) is 2.26. The van der Waals surface area contributed by atoms with Gasteiger partial charge < -0.3 is 5.32 Å². The fraction of sp³-hybridized carbons (Fsp3) is 0.222. The molecule has 13 heavy (non-hydrogen) atoms. The Bertz CT molecular complexity index is 326. The monoisotopic (exact) mass is 185 g/mol. The quantitative estimate of drug-likeness (QED) is 0.718. The molecule has 1 N–H and O–H groups in total. The van der Waals surface area contributed by atoms with Gasteiger partial charge in [0.25, 0.3) is 0 Å². The topological polar surface area (TPSA) is 29.1 Å². The van der Waals surface area contributed by atoms with Crippen molar-refractivity contribution in [3.63, 3.8) is 0 Å². The first-order valence-corrected chi connectivity index (χ1v) is 3.87. The van der Waals surface area contributed by atoms with Gasteiger partial charge in [-0.15, -0.1) is 0 Å². The number of hydrogen-bond acceptors (Lipinski definition) is 1. The Kier molecular flexibility index (Phi) is 2.95. The highest BCUT2D eigenvalue weighted by molar-refractivity contribution is 5.71. The van der Waals surface area contributed by atoms with Gasteiger partial charge in [0, 0.05) is 11.8 Å². The molecule has 4 heteroatoms. The van der Waals surface area contributed by atoms with E-state index in [0.717, 1.165) is 6.07 Å². The lowest BCUT2D eigenvalue weighted by molar-refractivity contribution is -0.105. The van der Waals surface area contributed by atoms with E-state index in [1.807, 2.05) is 0 Å². The second kappa shape index (κ2) is 3.98. The van der Waals surface area contributed by atoms with E-state index in [-0.39, 0.29) is 11.3 Å². The summed E-state index contributed by atoms with van der Waals surface area (Å²) >= 11 is 0. The number of nitrogens with one attached hydrogen (secondary N) is 1. The lowest BCUT2D eigenvalue weighted by atomic mass is 10.1. The highest BCUT2D eigenvalue weighted by Crippen LogP contribution is 2.18. The van der Waals surface area contributed by atoms with Gasteiger partial charge in [0.1, 0.15) is 0 Å². The minimum absolute atomic E-state index is 0.254. The normalized spacial score (nSPS) is 9.77. The molecule has 1 rings (SSSR count). The summed E-state index contributed by atoms with van der Waals surface area (Å²) in [5.74, 6) is -1.79. The Morgan fingerprint density at radius 2 is 2.15 bits per heavy atom. The van der Waals surface area contributed by atoms with Crippen molar-refractivity contribution in [3.8, 4) is 0 Å². The van der Waals surface area contributed by atoms with Crippen molar-refractivity contribution >= 4 is 12.1 Å². The van der Waals surface area contributed by atoms with Crippen molar-refractivity contribution in [1.29, 1.82) is 0 Å². The number of carbonyl (C=O) groups is 1. The van der Waals surface area contributed by atoms with E-state index in [1.54, 1.807) is 6.92 Å². The second-order valence-corrected chi connectivity index (χ2v) is 2.55. The Balaban J connectivity index is 3.13. The smallest absolute Gasteiger partial charge is 0.211 e. The number of halogens is 2. The summed E-state index contributed by atoms with van der Waals surface area (Å²) in [6.07, 6.45) is 0.809. The summed E-state index contributed by atoms with van der Waals surface area (Å²) in [6.45, 7) is 1.71. The minimum Gasteiger partial charge on any atom is -0.329 e. The molecule has 70 valence electrons. The standard InChI is InChI=1S/C9H9F2NO/c1-2-6-3-7(12-5-13)4-8(10)9(6)11/h3-5H,2H2,1H3,(H,12,13). The number of anilines is 1. The van der Waals surface area contributed by atoms with Crippen LogP contribution in [0.3, 0.4) is 0 Å². The van der Waals surface area contributed by atoms with E-state index < -0.39 is 11.6 Å². The fourth-order valence-corrected chi connectivity index (χ4v) is 1.05. The largest absolute Gasteiger partial charge is 0.329 e. The van der Waals surface area contributed by atoms with Crippen molar-refractivity contribution < 1.29 is 13.6 Å². The highest BCUT2D eigenvalue weighted by Gasteiger charge is 2.08. The molecule has 0 aromatic heterocycles. The van der Waals surface area contributed by atoms with Gasteiger partial charge in [0.05, 0.1) is 0 Å². The molecular formula is C9H9F2NO. The molecule has 0 spiro atoms. The van der Waals surface area contributed by atoms with Gasteiger partial charge in [0.15, 0.2) is 11.6 Å². The SMILES string of the molecule is CCc1cc(NC=O)cc(F)c1F. The zero-order chi connectivity index (χ0) is 9.84. The molecule has 1 aromatic carbocycles. The third kappa shape index (κ3) is 2.02. The molecule has 0 heterocycles. The molecule has 0 aliphatic heterocycles. The van der Waals surface area contributed by atoms with Gasteiger partial charge in [0.2, 0.25) is 6.41 Å². The molecule has 0 radical (unpaired) electrons. The average molecular weight is 185 g/mol. The second-order valence-electron chi connectivity index (χ2n) is 2.55. The number of amides is 1. The first-order chi connectivity index (χ1) is 6.19. The van der Waals surface area contributed by atoms with Crippen LogP contribution in [0.2, 0.25) is 0 Å². The maximum Gasteiger partial charge on any atom is 0.211 e. The number of aryl methyl sites for hydroxylation is 1. The van der Waals surface area contributed by atoms with Crippen LogP contribution in [-0.4, -0.2) is 6.41 Å². The lowest BCUT2D eigenvalue weighted by Crippen LogP contribution is -1.99. The number of carbonyl (C=O) groups excluding carboxylic acids is 1. The van der Waals surface area contributed by atoms with Crippen LogP contribution in [0.4, 0.5) is 14.5 Å². The number of benzene rings is 1. The lowest BCUT2D eigenvalue weighted by Gasteiger charge is -2.04. The zero-order valence-corrected chi connectivity index (χ0v) is 7.10. The van der Waals surface area contributed by atoms with E-state index >= 15 is 0 Å². The molecule has 0 aliphatic rings. The van der Waals surface area contributed by atoms with Crippen LogP contribution in [0.25, 0.3) is 0 Å². The van der Waals surface area contributed by atoms with E-state index in [2.05, 4.69) is 5.32 Å². The van der Waals surface area contributed by atoms with Gasteiger partial charge in [-0.3, -0.25) is 4.79 Å². The van der Waals surface area contributed by atoms with Crippen molar-refractivity contribution in [1.82, 2.24) is 0 Å². The van der Waals surface area contributed by atoms with Crippen molar-refractivity contribution in [2.75, 3.05) is 5.32 Å². The molecule has 0 unspecified atom stereocenters. The number of rotatable bonds is 3. The molecule has 0 saturated carbocycles. The molecule has 2 nitrogen and oxygen atoms in total. The van der Waals surface area contributed by atoms with Crippen LogP contribution in [-0.2, 0) is 11.2 Å². The van der Waals surface area contributed by atoms with E-state index in [1.165, 1.54) is 6.07 Å². The van der Waals surface area contributed by atoms with Gasteiger partial charge >= 0.3 is 0 Å². The maximum atomic E-state index is 12.9. The summed E-state index contributed by atoms with van der Waals surface area (Å²) in [4.78, 5) is 10.0. The fourth-order valence-electron chi connectivity index (χ4n) is 1.05. The Morgan fingerprint density at radius 1 is 1.46 bits per heavy atom. The van der Waals surface area contributed by atoms with E-state index in [0.29, 0.717) is 12.8 Å². The zero-order valence-electron chi connectivity index (χ0n) is 7.10. The third-order valence-electron chi connectivity index (χ3n) is 1.71. The van der Waals surface area contributed by atoms with Crippen LogP contribution in [0.5, 0.6) is 0 Å². The van der Waals surface area contributed by atoms with E-state index in [9.17, 15) is 13.6 Å². The molecular weight excluding hydrogens is 176 g/mol. The third-order valence-corrected chi connectivity index (χ3v) is 1.71. The number of hydrogen-bond donors (Lipinski definition) is 1. The first kappa shape index (κ1) is 9.64. The summed E-state index contributed by atoms with van der Waals surface area (Å²) in [7, 11) is 0. The molecule has 0 atom stereocenters. The van der Waals surface area contributed by atoms with Crippen LogP contribution >= 0.6 is 0 Å². The Hall–Kier alpha value is -1.45. The van der Waals surface area contributed by atoms with Crippen molar-refractivity contribution in [2.24, 2.45) is 0 Å². The summed E-state index contributed by atoms with van der Waals surface area (Å²) < 4.78 is 25.8. The Labute approximate surface area is 74.6 Å². The molecule has 1 aromatic rings. The van der Waals surface area contributed by atoms with E-state index in [4.69, 9.17) is 0 Å². The Morgan fingerprint density at radius 3 is 2.69 bits per heavy atom.